The van der Waals surface area contributed by atoms with Gasteiger partial charge in [0.1, 0.15) is 5.54 Å². The van der Waals surface area contributed by atoms with Crippen LogP contribution in [0.4, 0.5) is 0 Å². The van der Waals surface area contributed by atoms with Crippen molar-refractivity contribution in [2.45, 2.75) is 32.2 Å². The molecule has 1 unspecified atom stereocenters. The van der Waals surface area contributed by atoms with Crippen molar-refractivity contribution in [2.75, 3.05) is 19.8 Å². The van der Waals surface area contributed by atoms with Crippen LogP contribution in [0.15, 0.2) is 30.3 Å². The lowest BCUT2D eigenvalue weighted by molar-refractivity contribution is -0.146. The van der Waals surface area contributed by atoms with Crippen molar-refractivity contribution in [2.24, 2.45) is 0 Å². The molecule has 0 saturated heterocycles. The predicted molar refractivity (Wildman–Crippen MR) is 75.2 cm³/mol. The normalized spacial score (nSPS) is 14.0. The summed E-state index contributed by atoms with van der Waals surface area (Å²) < 4.78 is 5.34. The number of carboxylic acid groups (broad SMARTS) is 1. The number of aliphatic carboxylic acids is 1. The summed E-state index contributed by atoms with van der Waals surface area (Å²) in [6.45, 7) is 5.61. The molecular weight excluding hydrogens is 242 g/mol. The second kappa shape index (κ2) is 7.92. The lowest BCUT2D eigenvalue weighted by atomic mass is 9.86. The van der Waals surface area contributed by atoms with Gasteiger partial charge in [-0.15, -0.1) is 0 Å². The van der Waals surface area contributed by atoms with Crippen molar-refractivity contribution in [3.63, 3.8) is 0 Å². The van der Waals surface area contributed by atoms with Crippen molar-refractivity contribution < 1.29 is 14.6 Å². The highest BCUT2D eigenvalue weighted by atomic mass is 16.5. The summed E-state index contributed by atoms with van der Waals surface area (Å²) in [5.74, 6) is -0.855. The Morgan fingerprint density at radius 2 is 2.00 bits per heavy atom. The van der Waals surface area contributed by atoms with Crippen LogP contribution in [0.3, 0.4) is 0 Å². The number of nitrogens with one attached hydrogen (secondary N) is 1. The number of ether oxygens (including phenoxy) is 1. The largest absolute Gasteiger partial charge is 0.480 e. The number of carbonyl (C=O) groups is 1. The van der Waals surface area contributed by atoms with Crippen molar-refractivity contribution in [3.05, 3.63) is 35.9 Å². The first kappa shape index (κ1) is 15.7. The van der Waals surface area contributed by atoms with Gasteiger partial charge in [-0.3, -0.25) is 5.32 Å². The Morgan fingerprint density at radius 1 is 1.32 bits per heavy atom. The van der Waals surface area contributed by atoms with Gasteiger partial charge in [0.2, 0.25) is 0 Å². The molecule has 2 N–H and O–H groups in total. The molecule has 0 bridgehead atoms. The molecule has 4 heteroatoms. The van der Waals surface area contributed by atoms with E-state index in [1.807, 2.05) is 44.2 Å². The number of hydrogen-bond acceptors (Lipinski definition) is 3. The number of hydrogen-bond donors (Lipinski definition) is 2. The van der Waals surface area contributed by atoms with Crippen LogP contribution in [-0.4, -0.2) is 30.8 Å². The standard InChI is InChI=1S/C15H23NO3/c1-3-11-16-15(14(17)18,10-12-19-4-2)13-8-6-5-7-9-13/h5-9,16H,3-4,10-12H2,1-2H3,(H,17,18). The number of benzene rings is 1. The average Bonchev–Trinajstić information content (AvgIpc) is 2.43. The zero-order chi connectivity index (χ0) is 14.1. The summed E-state index contributed by atoms with van der Waals surface area (Å²) in [5, 5.41) is 12.9. The van der Waals surface area contributed by atoms with Gasteiger partial charge in [0.15, 0.2) is 0 Å². The van der Waals surface area contributed by atoms with Crippen LogP contribution in [0.25, 0.3) is 0 Å². The third-order valence-electron chi connectivity index (χ3n) is 3.13. The van der Waals surface area contributed by atoms with E-state index in [1.54, 1.807) is 0 Å². The van der Waals surface area contributed by atoms with Gasteiger partial charge in [0.05, 0.1) is 0 Å². The first-order valence-electron chi connectivity index (χ1n) is 6.79. The van der Waals surface area contributed by atoms with Crippen molar-refractivity contribution in [1.82, 2.24) is 5.32 Å². The SMILES string of the molecule is CCCNC(CCOCC)(C(=O)O)c1ccccc1. The molecule has 0 saturated carbocycles. The second-order valence-electron chi connectivity index (χ2n) is 4.45. The third-order valence-corrected chi connectivity index (χ3v) is 3.13. The lowest BCUT2D eigenvalue weighted by Gasteiger charge is -2.31. The molecule has 0 aliphatic rings. The summed E-state index contributed by atoms with van der Waals surface area (Å²) in [6, 6.07) is 9.31. The fourth-order valence-electron chi connectivity index (χ4n) is 2.07. The molecule has 1 aromatic carbocycles. The summed E-state index contributed by atoms with van der Waals surface area (Å²) in [4.78, 5) is 11.8. The maximum atomic E-state index is 11.8. The van der Waals surface area contributed by atoms with Gasteiger partial charge in [0, 0.05) is 19.6 Å². The number of rotatable bonds is 9. The smallest absolute Gasteiger partial charge is 0.328 e. The average molecular weight is 265 g/mol. The van der Waals surface area contributed by atoms with Gasteiger partial charge < -0.3 is 9.84 Å². The molecule has 4 nitrogen and oxygen atoms in total. The van der Waals surface area contributed by atoms with E-state index >= 15 is 0 Å². The van der Waals surface area contributed by atoms with Gasteiger partial charge in [0.25, 0.3) is 0 Å². The Kier molecular flexibility index (Phi) is 6.53. The van der Waals surface area contributed by atoms with Crippen molar-refractivity contribution in [1.29, 1.82) is 0 Å². The molecule has 1 rings (SSSR count). The summed E-state index contributed by atoms with van der Waals surface area (Å²) in [5.41, 5.74) is -0.289. The molecule has 106 valence electrons. The molecule has 1 atom stereocenters. The molecule has 0 radical (unpaired) electrons. The van der Waals surface area contributed by atoms with Crippen LogP contribution in [0, 0.1) is 0 Å². The summed E-state index contributed by atoms with van der Waals surface area (Å²) in [7, 11) is 0. The first-order chi connectivity index (χ1) is 9.17. The van der Waals surface area contributed by atoms with Crippen LogP contribution < -0.4 is 5.32 Å². The topological polar surface area (TPSA) is 58.6 Å². The molecule has 0 aliphatic heterocycles. The maximum Gasteiger partial charge on any atom is 0.328 e. The first-order valence-corrected chi connectivity index (χ1v) is 6.79. The monoisotopic (exact) mass is 265 g/mol. The van der Waals surface area contributed by atoms with E-state index in [0.29, 0.717) is 26.2 Å². The Labute approximate surface area is 114 Å². The van der Waals surface area contributed by atoms with Crippen LogP contribution in [-0.2, 0) is 15.1 Å². The minimum Gasteiger partial charge on any atom is -0.480 e. The van der Waals surface area contributed by atoms with Gasteiger partial charge in [-0.2, -0.15) is 0 Å². The van der Waals surface area contributed by atoms with Gasteiger partial charge >= 0.3 is 5.97 Å². The minimum absolute atomic E-state index is 0.417. The molecule has 0 amide bonds. The Hall–Kier alpha value is -1.39. The Balaban J connectivity index is 3.00. The fourth-order valence-corrected chi connectivity index (χ4v) is 2.07. The van der Waals surface area contributed by atoms with E-state index in [0.717, 1.165) is 12.0 Å². The van der Waals surface area contributed by atoms with Crippen LogP contribution in [0.1, 0.15) is 32.3 Å². The van der Waals surface area contributed by atoms with Crippen LogP contribution in [0.2, 0.25) is 0 Å². The quantitative estimate of drug-likeness (QED) is 0.673. The molecule has 1 aromatic rings. The summed E-state index contributed by atoms with van der Waals surface area (Å²) in [6.07, 6.45) is 1.30. The van der Waals surface area contributed by atoms with E-state index in [9.17, 15) is 9.90 Å². The van der Waals surface area contributed by atoms with Gasteiger partial charge in [-0.1, -0.05) is 37.3 Å². The van der Waals surface area contributed by atoms with Gasteiger partial charge in [-0.25, -0.2) is 4.79 Å². The van der Waals surface area contributed by atoms with Crippen LogP contribution in [0.5, 0.6) is 0 Å². The molecule has 19 heavy (non-hydrogen) atoms. The van der Waals surface area contributed by atoms with Crippen molar-refractivity contribution >= 4 is 5.97 Å². The van der Waals surface area contributed by atoms with E-state index in [1.165, 1.54) is 0 Å². The predicted octanol–water partition coefficient (Wildman–Crippen LogP) is 2.39. The third kappa shape index (κ3) is 4.04. The zero-order valence-corrected chi connectivity index (χ0v) is 11.7. The highest BCUT2D eigenvalue weighted by Crippen LogP contribution is 2.26. The highest BCUT2D eigenvalue weighted by molar-refractivity contribution is 5.80. The molecule has 0 aromatic heterocycles. The van der Waals surface area contributed by atoms with E-state index in [2.05, 4.69) is 5.32 Å². The van der Waals surface area contributed by atoms with E-state index in [-0.39, 0.29) is 0 Å². The summed E-state index contributed by atoms with van der Waals surface area (Å²) >= 11 is 0. The van der Waals surface area contributed by atoms with Crippen molar-refractivity contribution in [3.8, 4) is 0 Å². The van der Waals surface area contributed by atoms with Gasteiger partial charge in [-0.05, 0) is 25.5 Å². The second-order valence-corrected chi connectivity index (χ2v) is 4.45. The molecule has 0 heterocycles. The van der Waals surface area contributed by atoms with E-state index < -0.39 is 11.5 Å². The van der Waals surface area contributed by atoms with Crippen LogP contribution >= 0.6 is 0 Å². The minimum atomic E-state index is -1.06. The Morgan fingerprint density at radius 3 is 2.53 bits per heavy atom. The molecular formula is C15H23NO3. The highest BCUT2D eigenvalue weighted by Gasteiger charge is 2.39. The lowest BCUT2D eigenvalue weighted by Crippen LogP contribution is -2.50. The Bertz CT molecular complexity index is 380. The molecule has 0 aliphatic carbocycles. The fraction of sp³-hybridized carbons (Fsp3) is 0.533. The molecule has 0 fully saturated rings. The zero-order valence-electron chi connectivity index (χ0n) is 11.7. The van der Waals surface area contributed by atoms with E-state index in [4.69, 9.17) is 4.74 Å². The molecule has 0 spiro atoms. The number of carboxylic acids is 1. The maximum absolute atomic E-state index is 11.8.